The lowest BCUT2D eigenvalue weighted by molar-refractivity contribution is 0.0776. The molecule has 122 valence electrons. The van der Waals surface area contributed by atoms with Crippen molar-refractivity contribution in [3.8, 4) is 5.88 Å². The molecule has 5 nitrogen and oxygen atoms in total. The largest absolute Gasteiger partial charge is 0.475 e. The fourth-order valence-electron chi connectivity index (χ4n) is 2.03. The minimum atomic E-state index is -0.131. The third-order valence-corrected chi connectivity index (χ3v) is 3.74. The Morgan fingerprint density at radius 2 is 1.96 bits per heavy atom. The molecule has 0 spiro atoms. The molecule has 6 heteroatoms. The summed E-state index contributed by atoms with van der Waals surface area (Å²) in [6.45, 7) is 1.31. The molecule has 0 unspecified atom stereocenters. The summed E-state index contributed by atoms with van der Waals surface area (Å²) in [5.41, 5.74) is 1.50. The van der Waals surface area contributed by atoms with E-state index in [2.05, 4.69) is 20.9 Å². The first-order valence-electron chi connectivity index (χ1n) is 7.18. The lowest BCUT2D eigenvalue weighted by atomic mass is 10.2. The first-order chi connectivity index (χ1) is 11.1. The van der Waals surface area contributed by atoms with Crippen LogP contribution in [0.15, 0.2) is 47.1 Å². The van der Waals surface area contributed by atoms with Gasteiger partial charge in [-0.15, -0.1) is 0 Å². The standard InChI is InChI=1S/C17H19BrN2O3/c1-20(12-13-5-7-14(18)8-6-13)17(21)15-4-3-9-19-16(15)23-11-10-22-2/h3-9H,10-12H2,1-2H3. The average molecular weight is 379 g/mol. The molecule has 23 heavy (non-hydrogen) atoms. The van der Waals surface area contributed by atoms with E-state index in [1.807, 2.05) is 24.3 Å². The summed E-state index contributed by atoms with van der Waals surface area (Å²) in [5, 5.41) is 0. The number of benzene rings is 1. The minimum absolute atomic E-state index is 0.131. The van der Waals surface area contributed by atoms with Crippen molar-refractivity contribution >= 4 is 21.8 Å². The van der Waals surface area contributed by atoms with Crippen LogP contribution >= 0.6 is 15.9 Å². The number of pyridine rings is 1. The zero-order chi connectivity index (χ0) is 16.7. The van der Waals surface area contributed by atoms with Crippen LogP contribution in [0.4, 0.5) is 0 Å². The van der Waals surface area contributed by atoms with E-state index in [1.165, 1.54) is 0 Å². The highest BCUT2D eigenvalue weighted by Gasteiger charge is 2.17. The van der Waals surface area contributed by atoms with E-state index in [-0.39, 0.29) is 5.91 Å². The highest BCUT2D eigenvalue weighted by molar-refractivity contribution is 9.10. The second-order valence-electron chi connectivity index (χ2n) is 4.99. The summed E-state index contributed by atoms with van der Waals surface area (Å²) in [7, 11) is 3.36. The van der Waals surface area contributed by atoms with Gasteiger partial charge in [-0.3, -0.25) is 4.79 Å². The van der Waals surface area contributed by atoms with Gasteiger partial charge in [0.25, 0.3) is 5.91 Å². The van der Waals surface area contributed by atoms with Gasteiger partial charge in [0.05, 0.1) is 6.61 Å². The van der Waals surface area contributed by atoms with E-state index in [9.17, 15) is 4.79 Å². The molecule has 0 aliphatic rings. The lowest BCUT2D eigenvalue weighted by Crippen LogP contribution is -2.27. The smallest absolute Gasteiger partial charge is 0.259 e. The number of carbonyl (C=O) groups excluding carboxylic acids is 1. The maximum atomic E-state index is 12.6. The Bertz CT molecular complexity index is 647. The molecule has 1 aromatic carbocycles. The van der Waals surface area contributed by atoms with E-state index < -0.39 is 0 Å². The summed E-state index contributed by atoms with van der Waals surface area (Å²) in [6, 6.07) is 11.3. The average Bonchev–Trinajstić information content (AvgIpc) is 2.57. The normalized spacial score (nSPS) is 10.4. The van der Waals surface area contributed by atoms with E-state index >= 15 is 0 Å². The van der Waals surface area contributed by atoms with Gasteiger partial charge in [0, 0.05) is 31.4 Å². The summed E-state index contributed by atoms with van der Waals surface area (Å²) >= 11 is 3.40. The summed E-state index contributed by atoms with van der Waals surface area (Å²) in [6.07, 6.45) is 1.60. The molecular formula is C17H19BrN2O3. The summed E-state index contributed by atoms with van der Waals surface area (Å²) in [5.74, 6) is 0.200. The van der Waals surface area contributed by atoms with Crippen LogP contribution in [-0.4, -0.2) is 43.2 Å². The molecule has 0 saturated carbocycles. The van der Waals surface area contributed by atoms with Gasteiger partial charge >= 0.3 is 0 Å². The van der Waals surface area contributed by atoms with Crippen LogP contribution in [0, 0.1) is 0 Å². The van der Waals surface area contributed by atoms with Crippen molar-refractivity contribution in [2.45, 2.75) is 6.54 Å². The minimum Gasteiger partial charge on any atom is -0.475 e. The Balaban J connectivity index is 2.08. The van der Waals surface area contributed by atoms with Gasteiger partial charge in [0.1, 0.15) is 12.2 Å². The molecule has 0 N–H and O–H groups in total. The Hall–Kier alpha value is -1.92. The predicted molar refractivity (Wildman–Crippen MR) is 91.5 cm³/mol. The van der Waals surface area contributed by atoms with E-state index in [1.54, 1.807) is 37.4 Å². The van der Waals surface area contributed by atoms with E-state index in [0.717, 1.165) is 10.0 Å². The Kier molecular flexibility index (Phi) is 6.55. The first-order valence-corrected chi connectivity index (χ1v) is 7.97. The second-order valence-corrected chi connectivity index (χ2v) is 5.90. The van der Waals surface area contributed by atoms with Crippen molar-refractivity contribution in [3.05, 3.63) is 58.2 Å². The van der Waals surface area contributed by atoms with Gasteiger partial charge in [-0.2, -0.15) is 0 Å². The Morgan fingerprint density at radius 1 is 1.22 bits per heavy atom. The zero-order valence-electron chi connectivity index (χ0n) is 13.2. The van der Waals surface area contributed by atoms with E-state index in [0.29, 0.717) is 31.2 Å². The molecule has 1 heterocycles. The van der Waals surface area contributed by atoms with Crippen LogP contribution in [0.25, 0.3) is 0 Å². The molecule has 0 fully saturated rings. The van der Waals surface area contributed by atoms with Crippen LogP contribution in [-0.2, 0) is 11.3 Å². The van der Waals surface area contributed by atoms with Crippen molar-refractivity contribution < 1.29 is 14.3 Å². The lowest BCUT2D eigenvalue weighted by Gasteiger charge is -2.18. The number of halogens is 1. The molecule has 2 rings (SSSR count). The van der Waals surface area contributed by atoms with Crippen LogP contribution in [0.3, 0.4) is 0 Å². The highest BCUT2D eigenvalue weighted by atomic mass is 79.9. The number of carbonyl (C=O) groups is 1. The highest BCUT2D eigenvalue weighted by Crippen LogP contribution is 2.18. The predicted octanol–water partition coefficient (Wildman–Crippen LogP) is 3.14. The zero-order valence-corrected chi connectivity index (χ0v) is 14.7. The molecular weight excluding hydrogens is 360 g/mol. The van der Waals surface area contributed by atoms with Gasteiger partial charge < -0.3 is 14.4 Å². The maximum Gasteiger partial charge on any atom is 0.259 e. The number of nitrogens with zero attached hydrogens (tertiary/aromatic N) is 2. The van der Waals surface area contributed by atoms with Crippen molar-refractivity contribution in [2.24, 2.45) is 0 Å². The second kappa shape index (κ2) is 8.64. The third-order valence-electron chi connectivity index (χ3n) is 3.21. The monoisotopic (exact) mass is 378 g/mol. The Labute approximate surface area is 144 Å². The number of hydrogen-bond donors (Lipinski definition) is 0. The summed E-state index contributed by atoms with van der Waals surface area (Å²) < 4.78 is 11.5. The summed E-state index contributed by atoms with van der Waals surface area (Å²) in [4.78, 5) is 18.4. The van der Waals surface area contributed by atoms with Gasteiger partial charge in [-0.1, -0.05) is 28.1 Å². The van der Waals surface area contributed by atoms with Crippen molar-refractivity contribution in [3.63, 3.8) is 0 Å². The fourth-order valence-corrected chi connectivity index (χ4v) is 2.30. The topological polar surface area (TPSA) is 51.7 Å². The number of aromatic nitrogens is 1. The Morgan fingerprint density at radius 3 is 2.65 bits per heavy atom. The van der Waals surface area contributed by atoms with Crippen LogP contribution in [0.5, 0.6) is 5.88 Å². The number of rotatable bonds is 7. The first kappa shape index (κ1) is 17.4. The molecule has 0 radical (unpaired) electrons. The molecule has 1 aromatic heterocycles. The van der Waals surface area contributed by atoms with Gasteiger partial charge in [0.15, 0.2) is 0 Å². The molecule has 0 aliphatic heterocycles. The number of hydrogen-bond acceptors (Lipinski definition) is 4. The van der Waals surface area contributed by atoms with Crippen LogP contribution < -0.4 is 4.74 Å². The van der Waals surface area contributed by atoms with Crippen LogP contribution in [0.2, 0.25) is 0 Å². The molecule has 0 aliphatic carbocycles. The number of methoxy groups -OCH3 is 1. The quantitative estimate of drug-likeness (QED) is 0.694. The number of ether oxygens (including phenoxy) is 2. The van der Waals surface area contributed by atoms with Gasteiger partial charge in [-0.25, -0.2) is 4.98 Å². The maximum absolute atomic E-state index is 12.6. The third kappa shape index (κ3) is 5.04. The number of amides is 1. The fraction of sp³-hybridized carbons (Fsp3) is 0.294. The van der Waals surface area contributed by atoms with Crippen LogP contribution in [0.1, 0.15) is 15.9 Å². The molecule has 2 aromatic rings. The SMILES string of the molecule is COCCOc1ncccc1C(=O)N(C)Cc1ccc(Br)cc1. The van der Waals surface area contributed by atoms with Gasteiger partial charge in [-0.05, 0) is 29.8 Å². The molecule has 0 saturated heterocycles. The molecule has 0 atom stereocenters. The molecule has 1 amide bonds. The van der Waals surface area contributed by atoms with E-state index in [4.69, 9.17) is 9.47 Å². The van der Waals surface area contributed by atoms with Crippen molar-refractivity contribution in [1.29, 1.82) is 0 Å². The van der Waals surface area contributed by atoms with Gasteiger partial charge in [0.2, 0.25) is 5.88 Å². The molecule has 0 bridgehead atoms. The van der Waals surface area contributed by atoms with Crippen molar-refractivity contribution in [2.75, 3.05) is 27.4 Å². The van der Waals surface area contributed by atoms with Crippen molar-refractivity contribution in [1.82, 2.24) is 9.88 Å².